The van der Waals surface area contributed by atoms with E-state index < -0.39 is 5.41 Å². The van der Waals surface area contributed by atoms with Gasteiger partial charge in [0.1, 0.15) is 17.2 Å². The highest BCUT2D eigenvalue weighted by atomic mass is 16.3. The summed E-state index contributed by atoms with van der Waals surface area (Å²) in [6, 6.07) is 18.1. The van der Waals surface area contributed by atoms with E-state index in [1.807, 2.05) is 50.2 Å². The lowest BCUT2D eigenvalue weighted by atomic mass is 9.70. The van der Waals surface area contributed by atoms with Gasteiger partial charge in [-0.05, 0) is 85.0 Å². The van der Waals surface area contributed by atoms with Gasteiger partial charge >= 0.3 is 0 Å². The van der Waals surface area contributed by atoms with Gasteiger partial charge in [0.05, 0.1) is 0 Å². The van der Waals surface area contributed by atoms with Crippen LogP contribution in [0, 0.1) is 0 Å². The number of aromatic hydroxyl groups is 3. The van der Waals surface area contributed by atoms with E-state index in [0.717, 1.165) is 27.8 Å². The number of benzene rings is 3. The molecule has 3 aromatic carbocycles. The van der Waals surface area contributed by atoms with Crippen molar-refractivity contribution < 1.29 is 15.3 Å². The van der Waals surface area contributed by atoms with Crippen molar-refractivity contribution in [3.05, 3.63) is 102 Å². The van der Waals surface area contributed by atoms with Gasteiger partial charge in [-0.25, -0.2) is 0 Å². The number of hydrogen-bond acceptors (Lipinski definition) is 3. The van der Waals surface area contributed by atoms with Gasteiger partial charge < -0.3 is 15.3 Å². The molecule has 0 atom stereocenters. The second-order valence-corrected chi connectivity index (χ2v) is 7.70. The van der Waals surface area contributed by atoms with Gasteiger partial charge in [-0.2, -0.15) is 0 Å². The lowest BCUT2D eigenvalue weighted by molar-refractivity contribution is 0.472. The van der Waals surface area contributed by atoms with Gasteiger partial charge in [-0.15, -0.1) is 0 Å². The van der Waals surface area contributed by atoms with Crippen LogP contribution in [0.5, 0.6) is 17.2 Å². The molecule has 0 aliphatic carbocycles. The van der Waals surface area contributed by atoms with Crippen LogP contribution in [0.25, 0.3) is 11.1 Å². The standard InChI is InChI=1S/C26H26O3/c1-16(2)22-14-19(8-12-24(22)28)26(5,18-6-10-21(27)11-7-18)20-9-13-25(29)23(15-20)17(3)4/h6-15,27-29H,1,3H2,2,4-5H3. The molecule has 3 nitrogen and oxygen atoms in total. The first-order chi connectivity index (χ1) is 13.6. The smallest absolute Gasteiger partial charge is 0.123 e. The van der Waals surface area contributed by atoms with E-state index >= 15 is 0 Å². The van der Waals surface area contributed by atoms with Crippen molar-refractivity contribution in [3.63, 3.8) is 0 Å². The molecular weight excluding hydrogens is 360 g/mol. The monoisotopic (exact) mass is 386 g/mol. The van der Waals surface area contributed by atoms with Gasteiger partial charge in [0.2, 0.25) is 0 Å². The second kappa shape index (κ2) is 7.51. The van der Waals surface area contributed by atoms with E-state index in [9.17, 15) is 15.3 Å². The minimum atomic E-state index is -0.608. The van der Waals surface area contributed by atoms with Crippen LogP contribution >= 0.6 is 0 Å². The first kappa shape index (κ1) is 20.3. The van der Waals surface area contributed by atoms with Crippen molar-refractivity contribution in [1.29, 1.82) is 0 Å². The molecule has 0 unspecified atom stereocenters. The van der Waals surface area contributed by atoms with Crippen LogP contribution in [-0.2, 0) is 5.41 Å². The minimum Gasteiger partial charge on any atom is -0.508 e. The highest BCUT2D eigenvalue weighted by Gasteiger charge is 2.32. The molecule has 0 saturated heterocycles. The van der Waals surface area contributed by atoms with Crippen molar-refractivity contribution in [3.8, 4) is 17.2 Å². The van der Waals surface area contributed by atoms with Crippen LogP contribution in [-0.4, -0.2) is 15.3 Å². The lowest BCUT2D eigenvalue weighted by Gasteiger charge is -2.33. The Balaban J connectivity index is 2.33. The van der Waals surface area contributed by atoms with E-state index in [4.69, 9.17) is 0 Å². The third-order valence-electron chi connectivity index (χ3n) is 5.51. The molecule has 3 aromatic rings. The molecule has 0 spiro atoms. The van der Waals surface area contributed by atoms with E-state index in [1.54, 1.807) is 24.3 Å². The van der Waals surface area contributed by atoms with E-state index in [1.165, 1.54) is 0 Å². The Kier molecular flexibility index (Phi) is 5.25. The molecule has 0 radical (unpaired) electrons. The van der Waals surface area contributed by atoms with Crippen LogP contribution in [0.4, 0.5) is 0 Å². The maximum Gasteiger partial charge on any atom is 0.123 e. The molecule has 3 rings (SSSR count). The van der Waals surface area contributed by atoms with Crippen LogP contribution in [0.2, 0.25) is 0 Å². The van der Waals surface area contributed by atoms with Gasteiger partial charge in [0, 0.05) is 16.5 Å². The molecule has 3 N–H and O–H groups in total. The molecule has 0 aromatic heterocycles. The lowest BCUT2D eigenvalue weighted by Crippen LogP contribution is -2.25. The van der Waals surface area contributed by atoms with E-state index in [0.29, 0.717) is 11.1 Å². The zero-order chi connectivity index (χ0) is 21.3. The molecule has 0 bridgehead atoms. The SMILES string of the molecule is C=C(C)c1cc(C(C)(c2ccc(O)cc2)c2ccc(O)c(C(=C)C)c2)ccc1O. The molecular formula is C26H26O3. The normalized spacial score (nSPS) is 11.3. The summed E-state index contributed by atoms with van der Waals surface area (Å²) < 4.78 is 0. The van der Waals surface area contributed by atoms with Crippen LogP contribution in [0.15, 0.2) is 73.8 Å². The zero-order valence-electron chi connectivity index (χ0n) is 17.0. The topological polar surface area (TPSA) is 60.7 Å². The third kappa shape index (κ3) is 3.64. The van der Waals surface area contributed by atoms with Crippen molar-refractivity contribution >= 4 is 11.1 Å². The van der Waals surface area contributed by atoms with Crippen molar-refractivity contribution in [2.24, 2.45) is 0 Å². The number of phenols is 3. The van der Waals surface area contributed by atoms with E-state index in [-0.39, 0.29) is 17.2 Å². The summed E-state index contributed by atoms with van der Waals surface area (Å²) in [5.74, 6) is 0.558. The first-order valence-electron chi connectivity index (χ1n) is 9.43. The Morgan fingerprint density at radius 2 is 1.03 bits per heavy atom. The Bertz CT molecular complexity index is 1030. The minimum absolute atomic E-state index is 0.183. The van der Waals surface area contributed by atoms with Gasteiger partial charge in [-0.3, -0.25) is 0 Å². The molecule has 0 saturated carbocycles. The maximum atomic E-state index is 10.3. The Morgan fingerprint density at radius 1 is 0.655 bits per heavy atom. The Hall–Kier alpha value is -3.46. The zero-order valence-corrected chi connectivity index (χ0v) is 17.0. The van der Waals surface area contributed by atoms with Gasteiger partial charge in [0.25, 0.3) is 0 Å². The van der Waals surface area contributed by atoms with Crippen LogP contribution in [0.1, 0.15) is 48.6 Å². The Morgan fingerprint density at radius 3 is 1.41 bits per heavy atom. The predicted molar refractivity (Wildman–Crippen MR) is 119 cm³/mol. The molecule has 0 heterocycles. The largest absolute Gasteiger partial charge is 0.508 e. The maximum absolute atomic E-state index is 10.3. The van der Waals surface area contributed by atoms with Crippen LogP contribution < -0.4 is 0 Å². The molecule has 0 aliphatic heterocycles. The summed E-state index contributed by atoms with van der Waals surface area (Å²) >= 11 is 0. The summed E-state index contributed by atoms with van der Waals surface area (Å²) in [6.45, 7) is 13.8. The molecule has 0 fully saturated rings. The number of phenolic OH excluding ortho intramolecular Hbond substituents is 3. The Labute approximate surface area is 171 Å². The highest BCUT2D eigenvalue weighted by molar-refractivity contribution is 5.71. The van der Waals surface area contributed by atoms with Crippen LogP contribution in [0.3, 0.4) is 0 Å². The average Bonchev–Trinajstić information content (AvgIpc) is 2.68. The summed E-state index contributed by atoms with van der Waals surface area (Å²) in [4.78, 5) is 0. The van der Waals surface area contributed by atoms with E-state index in [2.05, 4.69) is 20.1 Å². The first-order valence-corrected chi connectivity index (χ1v) is 9.43. The average molecular weight is 386 g/mol. The molecule has 148 valence electrons. The molecule has 3 heteroatoms. The predicted octanol–water partition coefficient (Wildman–Crippen LogP) is 6.22. The summed E-state index contributed by atoms with van der Waals surface area (Å²) in [5, 5.41) is 30.3. The summed E-state index contributed by atoms with van der Waals surface area (Å²) in [5.41, 5.74) is 5.18. The van der Waals surface area contributed by atoms with Gasteiger partial charge in [0.15, 0.2) is 0 Å². The quantitative estimate of drug-likeness (QED) is 0.456. The fourth-order valence-corrected chi connectivity index (χ4v) is 3.67. The fraction of sp³-hybridized carbons (Fsp3) is 0.154. The summed E-state index contributed by atoms with van der Waals surface area (Å²) in [7, 11) is 0. The summed E-state index contributed by atoms with van der Waals surface area (Å²) in [6.07, 6.45) is 0. The number of hydrogen-bond donors (Lipinski definition) is 3. The fourth-order valence-electron chi connectivity index (χ4n) is 3.67. The van der Waals surface area contributed by atoms with Crippen molar-refractivity contribution in [1.82, 2.24) is 0 Å². The van der Waals surface area contributed by atoms with Crippen molar-refractivity contribution in [2.45, 2.75) is 26.2 Å². The number of rotatable bonds is 5. The highest BCUT2D eigenvalue weighted by Crippen LogP contribution is 2.43. The van der Waals surface area contributed by atoms with Crippen molar-refractivity contribution in [2.75, 3.05) is 0 Å². The third-order valence-corrected chi connectivity index (χ3v) is 5.51. The molecule has 0 amide bonds. The molecule has 29 heavy (non-hydrogen) atoms. The number of allylic oxidation sites excluding steroid dienone is 2. The van der Waals surface area contributed by atoms with Gasteiger partial charge in [-0.1, -0.05) is 37.4 Å². The second-order valence-electron chi connectivity index (χ2n) is 7.70. The molecule has 0 aliphatic rings.